The Morgan fingerprint density at radius 3 is 2.57 bits per heavy atom. The molecule has 3 N–H and O–H groups in total. The summed E-state index contributed by atoms with van der Waals surface area (Å²) in [6, 6.07) is 4.21. The third-order valence-corrected chi connectivity index (χ3v) is 5.96. The Kier molecular flexibility index (Phi) is 8.96. The smallest absolute Gasteiger partial charge is 0.411 e. The van der Waals surface area contributed by atoms with Crippen molar-refractivity contribution in [3.63, 3.8) is 0 Å². The number of aromatic amines is 1. The van der Waals surface area contributed by atoms with Gasteiger partial charge in [0.15, 0.2) is 0 Å². The summed E-state index contributed by atoms with van der Waals surface area (Å²) in [5, 5.41) is 13.0. The summed E-state index contributed by atoms with van der Waals surface area (Å²) in [7, 11) is 0. The zero-order valence-electron chi connectivity index (χ0n) is 22.5. The molecule has 10 heteroatoms. The molecule has 37 heavy (non-hydrogen) atoms. The molecule has 1 aliphatic rings. The Morgan fingerprint density at radius 1 is 1.22 bits per heavy atom. The van der Waals surface area contributed by atoms with Gasteiger partial charge in [-0.15, -0.1) is 0 Å². The van der Waals surface area contributed by atoms with Gasteiger partial charge in [0, 0.05) is 17.7 Å². The van der Waals surface area contributed by atoms with Crippen LogP contribution in [0.4, 0.5) is 10.5 Å². The summed E-state index contributed by atoms with van der Waals surface area (Å²) < 4.78 is 11.3. The van der Waals surface area contributed by atoms with Crippen LogP contribution in [0.2, 0.25) is 0 Å². The van der Waals surface area contributed by atoms with E-state index >= 15 is 0 Å². The summed E-state index contributed by atoms with van der Waals surface area (Å²) in [4.78, 5) is 47.4. The summed E-state index contributed by atoms with van der Waals surface area (Å²) in [5.41, 5.74) is 1.40. The number of nitrogens with one attached hydrogen (secondary N) is 2. The minimum Gasteiger partial charge on any atom is -0.493 e. The molecule has 2 aromatic rings. The number of carbonyl (C=O) groups excluding carboxylic acids is 2. The fourth-order valence-corrected chi connectivity index (χ4v) is 4.27. The Labute approximate surface area is 217 Å². The molecule has 0 spiro atoms. The number of carbonyl (C=O) groups is 2. The van der Waals surface area contributed by atoms with Crippen LogP contribution in [0.15, 0.2) is 23.0 Å². The average molecular weight is 515 g/mol. The van der Waals surface area contributed by atoms with Gasteiger partial charge in [0.2, 0.25) is 5.91 Å². The molecule has 1 saturated heterocycles. The monoisotopic (exact) mass is 514 g/mol. The standard InChI is InChI=1S/C27H38N4O6/c1-7-12-36-22-11-10-16(13-19(22)23-29-20(9-3)18(8-2)24(33)30-23)28-25(34)21-14-17(32)15-31(21)26(35)37-27(4,5)6/h10-11,13,17,21,32H,7-9,12,14-15H2,1-6H3,(H,28,34)(H,29,30,33). The van der Waals surface area contributed by atoms with E-state index in [0.717, 1.165) is 6.42 Å². The minimum absolute atomic E-state index is 0.0107. The van der Waals surface area contributed by atoms with E-state index < -0.39 is 29.7 Å². The molecule has 1 fully saturated rings. The van der Waals surface area contributed by atoms with Crippen LogP contribution in [0.25, 0.3) is 11.4 Å². The van der Waals surface area contributed by atoms with Gasteiger partial charge in [-0.3, -0.25) is 14.5 Å². The first-order valence-corrected chi connectivity index (χ1v) is 12.8. The third-order valence-electron chi connectivity index (χ3n) is 5.96. The molecule has 0 radical (unpaired) electrons. The minimum atomic E-state index is -0.891. The fraction of sp³-hybridized carbons (Fsp3) is 0.556. The number of ether oxygens (including phenoxy) is 2. The SMILES string of the molecule is CCCOc1ccc(NC(=O)C2CC(O)CN2C(=O)OC(C)(C)C)cc1-c1nc(CC)c(CC)c(=O)[nH]1. The van der Waals surface area contributed by atoms with Crippen molar-refractivity contribution >= 4 is 17.7 Å². The number of aliphatic hydroxyl groups is 1. The lowest BCUT2D eigenvalue weighted by Crippen LogP contribution is -2.45. The molecule has 1 aromatic carbocycles. The average Bonchev–Trinajstić information content (AvgIpc) is 3.23. The lowest BCUT2D eigenvalue weighted by atomic mass is 10.1. The Bertz CT molecular complexity index is 1190. The Morgan fingerprint density at radius 2 is 1.95 bits per heavy atom. The van der Waals surface area contributed by atoms with E-state index in [9.17, 15) is 19.5 Å². The molecule has 202 valence electrons. The van der Waals surface area contributed by atoms with Crippen molar-refractivity contribution in [1.82, 2.24) is 14.9 Å². The van der Waals surface area contributed by atoms with E-state index in [4.69, 9.17) is 9.47 Å². The van der Waals surface area contributed by atoms with E-state index in [-0.39, 0.29) is 18.5 Å². The quantitative estimate of drug-likeness (QED) is 0.489. The predicted octanol–water partition coefficient (Wildman–Crippen LogP) is 3.66. The van der Waals surface area contributed by atoms with Crippen LogP contribution in [-0.4, -0.2) is 62.9 Å². The maximum Gasteiger partial charge on any atom is 0.411 e. The van der Waals surface area contributed by atoms with Crippen LogP contribution in [-0.2, 0) is 22.4 Å². The number of benzene rings is 1. The summed E-state index contributed by atoms with van der Waals surface area (Å²) in [6.07, 6.45) is 0.583. The lowest BCUT2D eigenvalue weighted by Gasteiger charge is -2.27. The Balaban J connectivity index is 1.93. The maximum absolute atomic E-state index is 13.2. The highest BCUT2D eigenvalue weighted by atomic mass is 16.6. The molecular formula is C27H38N4O6. The third kappa shape index (κ3) is 6.88. The van der Waals surface area contributed by atoms with Gasteiger partial charge in [0.25, 0.3) is 5.56 Å². The number of rotatable bonds is 8. The van der Waals surface area contributed by atoms with Crippen LogP contribution < -0.4 is 15.6 Å². The van der Waals surface area contributed by atoms with Gasteiger partial charge in [-0.2, -0.15) is 0 Å². The Hall–Kier alpha value is -3.40. The van der Waals surface area contributed by atoms with E-state index in [1.54, 1.807) is 39.0 Å². The van der Waals surface area contributed by atoms with Crippen molar-refractivity contribution in [1.29, 1.82) is 0 Å². The van der Waals surface area contributed by atoms with Crippen LogP contribution >= 0.6 is 0 Å². The predicted molar refractivity (Wildman–Crippen MR) is 141 cm³/mol. The highest BCUT2D eigenvalue weighted by Crippen LogP contribution is 2.32. The number of nitrogens with zero attached hydrogens (tertiary/aromatic N) is 2. The first-order valence-electron chi connectivity index (χ1n) is 12.8. The van der Waals surface area contributed by atoms with Gasteiger partial charge in [0.05, 0.1) is 30.5 Å². The number of likely N-dealkylation sites (tertiary alicyclic amines) is 1. The van der Waals surface area contributed by atoms with Crippen molar-refractivity contribution in [2.45, 2.75) is 85.0 Å². The van der Waals surface area contributed by atoms with Gasteiger partial charge >= 0.3 is 6.09 Å². The number of aryl methyl sites for hydroxylation is 1. The van der Waals surface area contributed by atoms with Crippen LogP contribution in [0.5, 0.6) is 5.75 Å². The first kappa shape index (κ1) is 28.2. The molecule has 1 aliphatic heterocycles. The molecule has 0 bridgehead atoms. The van der Waals surface area contributed by atoms with Gasteiger partial charge < -0.3 is 24.9 Å². The molecule has 1 aromatic heterocycles. The zero-order chi connectivity index (χ0) is 27.3. The summed E-state index contributed by atoms with van der Waals surface area (Å²) in [5.74, 6) is 0.432. The van der Waals surface area contributed by atoms with Gasteiger partial charge in [-0.25, -0.2) is 9.78 Å². The largest absolute Gasteiger partial charge is 0.493 e. The van der Waals surface area contributed by atoms with Crippen molar-refractivity contribution < 1.29 is 24.2 Å². The molecule has 3 rings (SSSR count). The molecule has 2 amide bonds. The van der Waals surface area contributed by atoms with E-state index in [2.05, 4.69) is 15.3 Å². The summed E-state index contributed by atoms with van der Waals surface area (Å²) >= 11 is 0. The topological polar surface area (TPSA) is 134 Å². The number of β-amino-alcohol motifs (C(OH)–C–C–N with tert-alkyl or cyclic N) is 1. The number of hydrogen-bond acceptors (Lipinski definition) is 7. The number of aliphatic hydroxyl groups excluding tert-OH is 1. The maximum atomic E-state index is 13.2. The van der Waals surface area contributed by atoms with Crippen molar-refractivity contribution in [2.24, 2.45) is 0 Å². The second-order valence-electron chi connectivity index (χ2n) is 10.1. The fourth-order valence-electron chi connectivity index (χ4n) is 4.27. The van der Waals surface area contributed by atoms with Gasteiger partial charge in [-0.1, -0.05) is 20.8 Å². The number of H-pyrrole nitrogens is 1. The molecule has 0 saturated carbocycles. The van der Waals surface area contributed by atoms with Crippen molar-refractivity contribution in [3.8, 4) is 17.1 Å². The molecule has 2 heterocycles. The second-order valence-corrected chi connectivity index (χ2v) is 10.1. The number of aromatic nitrogens is 2. The van der Waals surface area contributed by atoms with E-state index in [0.29, 0.717) is 53.5 Å². The normalized spacial score (nSPS) is 17.5. The highest BCUT2D eigenvalue weighted by Gasteiger charge is 2.41. The molecule has 2 atom stereocenters. The summed E-state index contributed by atoms with van der Waals surface area (Å²) in [6.45, 7) is 11.6. The number of amides is 2. The van der Waals surface area contributed by atoms with Crippen LogP contribution in [0, 0.1) is 0 Å². The molecular weight excluding hydrogens is 476 g/mol. The highest BCUT2D eigenvalue weighted by molar-refractivity contribution is 5.97. The second kappa shape index (κ2) is 11.8. The van der Waals surface area contributed by atoms with Crippen LogP contribution in [0.1, 0.15) is 65.6 Å². The zero-order valence-corrected chi connectivity index (χ0v) is 22.5. The molecule has 0 aliphatic carbocycles. The van der Waals surface area contributed by atoms with E-state index in [1.807, 2.05) is 20.8 Å². The van der Waals surface area contributed by atoms with Gasteiger partial charge in [-0.05, 0) is 58.2 Å². The number of hydrogen-bond donors (Lipinski definition) is 3. The molecule has 10 nitrogen and oxygen atoms in total. The first-order chi connectivity index (χ1) is 17.5. The van der Waals surface area contributed by atoms with E-state index in [1.165, 1.54) is 4.90 Å². The lowest BCUT2D eigenvalue weighted by molar-refractivity contribution is -0.120. The van der Waals surface area contributed by atoms with Crippen molar-refractivity contribution in [3.05, 3.63) is 39.8 Å². The van der Waals surface area contributed by atoms with Crippen LogP contribution in [0.3, 0.4) is 0 Å². The molecule has 2 unspecified atom stereocenters. The van der Waals surface area contributed by atoms with Gasteiger partial charge in [0.1, 0.15) is 23.2 Å². The van der Waals surface area contributed by atoms with Crippen molar-refractivity contribution in [2.75, 3.05) is 18.5 Å². The number of anilines is 1.